The molecule has 0 bridgehead atoms. The molecule has 1 aromatic carbocycles. The van der Waals surface area contributed by atoms with Crippen molar-refractivity contribution < 1.29 is 5.11 Å². The van der Waals surface area contributed by atoms with Gasteiger partial charge in [-0.1, -0.05) is 37.6 Å². The molecule has 18 heavy (non-hydrogen) atoms. The van der Waals surface area contributed by atoms with E-state index in [9.17, 15) is 5.11 Å². The minimum atomic E-state index is -0.589. The number of benzene rings is 1. The van der Waals surface area contributed by atoms with Crippen molar-refractivity contribution in [3.05, 3.63) is 52.8 Å². The van der Waals surface area contributed by atoms with Crippen LogP contribution in [0.2, 0.25) is 0 Å². The Hall–Kier alpha value is -1.61. The highest BCUT2D eigenvalue weighted by molar-refractivity contribution is 5.32. The molecule has 0 spiro atoms. The van der Waals surface area contributed by atoms with Crippen molar-refractivity contribution in [3.63, 3.8) is 0 Å². The summed E-state index contributed by atoms with van der Waals surface area (Å²) < 4.78 is 1.74. The fourth-order valence-electron chi connectivity index (χ4n) is 2.22. The second-order valence-corrected chi connectivity index (χ2v) is 4.74. The van der Waals surface area contributed by atoms with Gasteiger partial charge in [0.1, 0.15) is 6.10 Å². The van der Waals surface area contributed by atoms with Crippen molar-refractivity contribution in [2.75, 3.05) is 0 Å². The van der Waals surface area contributed by atoms with E-state index in [0.29, 0.717) is 0 Å². The Labute approximate surface area is 108 Å². The van der Waals surface area contributed by atoms with Gasteiger partial charge in [0.2, 0.25) is 0 Å². The highest BCUT2D eigenvalue weighted by Crippen LogP contribution is 2.24. The van der Waals surface area contributed by atoms with E-state index in [1.807, 2.05) is 32.3 Å². The maximum atomic E-state index is 10.4. The van der Waals surface area contributed by atoms with Crippen molar-refractivity contribution in [1.82, 2.24) is 9.78 Å². The van der Waals surface area contributed by atoms with Crippen LogP contribution in [0.5, 0.6) is 0 Å². The summed E-state index contributed by atoms with van der Waals surface area (Å²) in [6, 6.07) is 8.19. The molecule has 1 aromatic heterocycles. The summed E-state index contributed by atoms with van der Waals surface area (Å²) in [6.07, 6.45) is 3.51. The number of aliphatic hydroxyl groups excluding tert-OH is 1. The Morgan fingerprint density at radius 1 is 1.28 bits per heavy atom. The first kappa shape index (κ1) is 12.8. The van der Waals surface area contributed by atoms with Gasteiger partial charge in [0, 0.05) is 18.8 Å². The van der Waals surface area contributed by atoms with E-state index in [1.54, 1.807) is 4.68 Å². The third-order valence-corrected chi connectivity index (χ3v) is 3.18. The second-order valence-electron chi connectivity index (χ2n) is 4.74. The van der Waals surface area contributed by atoms with Crippen LogP contribution in [0.1, 0.15) is 41.8 Å². The average Bonchev–Trinajstić information content (AvgIpc) is 2.69. The Bertz CT molecular complexity index is 514. The van der Waals surface area contributed by atoms with E-state index in [0.717, 1.165) is 29.7 Å². The molecule has 1 unspecified atom stereocenters. The van der Waals surface area contributed by atoms with E-state index >= 15 is 0 Å². The quantitative estimate of drug-likeness (QED) is 0.898. The van der Waals surface area contributed by atoms with Crippen LogP contribution in [-0.4, -0.2) is 14.9 Å². The van der Waals surface area contributed by atoms with Crippen molar-refractivity contribution in [3.8, 4) is 0 Å². The van der Waals surface area contributed by atoms with E-state index in [-0.39, 0.29) is 0 Å². The van der Waals surface area contributed by atoms with E-state index < -0.39 is 6.10 Å². The van der Waals surface area contributed by atoms with E-state index in [4.69, 9.17) is 0 Å². The van der Waals surface area contributed by atoms with Gasteiger partial charge < -0.3 is 5.11 Å². The summed E-state index contributed by atoms with van der Waals surface area (Å²) >= 11 is 0. The average molecular weight is 244 g/mol. The topological polar surface area (TPSA) is 38.0 Å². The number of aliphatic hydroxyl groups is 1. The molecule has 1 atom stereocenters. The smallest absolute Gasteiger partial charge is 0.107 e. The van der Waals surface area contributed by atoms with Crippen molar-refractivity contribution >= 4 is 0 Å². The largest absolute Gasteiger partial charge is 0.384 e. The Kier molecular flexibility index (Phi) is 3.82. The van der Waals surface area contributed by atoms with Gasteiger partial charge in [-0.2, -0.15) is 5.10 Å². The molecule has 0 aliphatic heterocycles. The zero-order valence-electron chi connectivity index (χ0n) is 11.2. The van der Waals surface area contributed by atoms with Gasteiger partial charge in [-0.15, -0.1) is 0 Å². The number of aryl methyl sites for hydroxylation is 3. The van der Waals surface area contributed by atoms with Crippen LogP contribution in [0.3, 0.4) is 0 Å². The SMILES string of the molecule is CCCc1ccc(C(O)c2cn(C)nc2C)cc1. The van der Waals surface area contributed by atoms with Crippen LogP contribution >= 0.6 is 0 Å². The lowest BCUT2D eigenvalue weighted by Crippen LogP contribution is -2.00. The first-order valence-corrected chi connectivity index (χ1v) is 6.39. The highest BCUT2D eigenvalue weighted by atomic mass is 16.3. The molecule has 96 valence electrons. The van der Waals surface area contributed by atoms with Gasteiger partial charge in [-0.05, 0) is 24.5 Å². The molecule has 0 radical (unpaired) electrons. The monoisotopic (exact) mass is 244 g/mol. The summed E-state index contributed by atoms with van der Waals surface area (Å²) in [5, 5.41) is 14.6. The lowest BCUT2D eigenvalue weighted by molar-refractivity contribution is 0.219. The number of hydrogen-bond acceptors (Lipinski definition) is 2. The minimum absolute atomic E-state index is 0.589. The second kappa shape index (κ2) is 5.36. The fourth-order valence-corrected chi connectivity index (χ4v) is 2.22. The van der Waals surface area contributed by atoms with Crippen LogP contribution in [0.25, 0.3) is 0 Å². The zero-order valence-corrected chi connectivity index (χ0v) is 11.2. The van der Waals surface area contributed by atoms with Crippen molar-refractivity contribution in [2.24, 2.45) is 7.05 Å². The molecule has 0 amide bonds. The van der Waals surface area contributed by atoms with Crippen molar-refractivity contribution in [2.45, 2.75) is 32.8 Å². The molecular formula is C15H20N2O. The van der Waals surface area contributed by atoms with Gasteiger partial charge in [-0.3, -0.25) is 4.68 Å². The third kappa shape index (κ3) is 2.62. The molecule has 1 heterocycles. The molecule has 0 aliphatic rings. The third-order valence-electron chi connectivity index (χ3n) is 3.18. The van der Waals surface area contributed by atoms with Crippen LogP contribution in [0.4, 0.5) is 0 Å². The predicted octanol–water partition coefficient (Wildman–Crippen LogP) is 2.76. The normalized spacial score (nSPS) is 12.7. The lowest BCUT2D eigenvalue weighted by atomic mass is 10.00. The molecule has 0 aliphatic carbocycles. The summed E-state index contributed by atoms with van der Waals surface area (Å²) in [4.78, 5) is 0. The highest BCUT2D eigenvalue weighted by Gasteiger charge is 2.15. The zero-order chi connectivity index (χ0) is 13.1. The standard InChI is InChI=1S/C15H20N2O/c1-4-5-12-6-8-13(9-7-12)15(18)14-10-17(3)16-11(14)2/h6-10,15,18H,4-5H2,1-3H3. The predicted molar refractivity (Wildman–Crippen MR) is 72.4 cm³/mol. The molecule has 0 fully saturated rings. The van der Waals surface area contributed by atoms with Gasteiger partial charge in [-0.25, -0.2) is 0 Å². The van der Waals surface area contributed by atoms with E-state index in [2.05, 4.69) is 24.2 Å². The summed E-state index contributed by atoms with van der Waals surface area (Å²) in [5.41, 5.74) is 3.99. The summed E-state index contributed by atoms with van der Waals surface area (Å²) in [5.74, 6) is 0. The molecule has 0 saturated carbocycles. The number of aromatic nitrogens is 2. The number of hydrogen-bond donors (Lipinski definition) is 1. The lowest BCUT2D eigenvalue weighted by Gasteiger charge is -2.10. The first-order chi connectivity index (χ1) is 8.61. The Morgan fingerprint density at radius 2 is 1.94 bits per heavy atom. The van der Waals surface area contributed by atoms with Crippen LogP contribution in [0, 0.1) is 6.92 Å². The van der Waals surface area contributed by atoms with Crippen LogP contribution < -0.4 is 0 Å². The van der Waals surface area contributed by atoms with Gasteiger partial charge in [0.05, 0.1) is 5.69 Å². The first-order valence-electron chi connectivity index (χ1n) is 6.39. The Balaban J connectivity index is 2.23. The van der Waals surface area contributed by atoms with Crippen molar-refractivity contribution in [1.29, 1.82) is 0 Å². The fraction of sp³-hybridized carbons (Fsp3) is 0.400. The number of nitrogens with zero attached hydrogens (tertiary/aromatic N) is 2. The molecule has 2 rings (SSSR count). The maximum absolute atomic E-state index is 10.4. The maximum Gasteiger partial charge on any atom is 0.107 e. The molecule has 3 nitrogen and oxygen atoms in total. The molecule has 0 saturated heterocycles. The molecule has 3 heteroatoms. The molecule has 1 N–H and O–H groups in total. The summed E-state index contributed by atoms with van der Waals surface area (Å²) in [7, 11) is 1.87. The van der Waals surface area contributed by atoms with Gasteiger partial charge >= 0.3 is 0 Å². The minimum Gasteiger partial charge on any atom is -0.384 e. The van der Waals surface area contributed by atoms with Crippen LogP contribution in [0.15, 0.2) is 30.5 Å². The van der Waals surface area contributed by atoms with Gasteiger partial charge in [0.15, 0.2) is 0 Å². The molecular weight excluding hydrogens is 224 g/mol. The van der Waals surface area contributed by atoms with E-state index in [1.165, 1.54) is 5.56 Å². The summed E-state index contributed by atoms with van der Waals surface area (Å²) in [6.45, 7) is 4.09. The Morgan fingerprint density at radius 3 is 2.44 bits per heavy atom. The van der Waals surface area contributed by atoms with Crippen LogP contribution in [-0.2, 0) is 13.5 Å². The number of rotatable bonds is 4. The molecule has 2 aromatic rings. The van der Waals surface area contributed by atoms with Gasteiger partial charge in [0.25, 0.3) is 0 Å².